The highest BCUT2D eigenvalue weighted by atomic mass is 16.1. The molecule has 3 N–H and O–H groups in total. The predicted octanol–water partition coefficient (Wildman–Crippen LogP) is 4.86. The molecule has 0 amide bonds. The number of carbonyl (C=O) groups is 1. The Morgan fingerprint density at radius 3 is 2.55 bits per heavy atom. The van der Waals surface area contributed by atoms with Crippen LogP contribution in [-0.4, -0.2) is 47.9 Å². The lowest BCUT2D eigenvalue weighted by molar-refractivity contribution is 0.103. The molecule has 1 aromatic heterocycles. The zero-order valence-electron chi connectivity index (χ0n) is 20.0. The molecule has 5 heteroatoms. The van der Waals surface area contributed by atoms with Gasteiger partial charge < -0.3 is 15.6 Å². The molecule has 0 radical (unpaired) electrons. The van der Waals surface area contributed by atoms with E-state index in [2.05, 4.69) is 47.7 Å². The number of nitrogen functional groups attached to an aromatic ring is 1. The molecule has 1 aliphatic heterocycles. The molecule has 6 rings (SSSR count). The van der Waals surface area contributed by atoms with Crippen molar-refractivity contribution in [2.75, 3.05) is 36.8 Å². The van der Waals surface area contributed by atoms with E-state index in [9.17, 15) is 4.79 Å². The van der Waals surface area contributed by atoms with Gasteiger partial charge in [-0.1, -0.05) is 33.3 Å². The molecule has 2 aromatic carbocycles. The van der Waals surface area contributed by atoms with E-state index in [1.54, 1.807) is 0 Å². The zero-order valence-corrected chi connectivity index (χ0v) is 20.0. The van der Waals surface area contributed by atoms with Crippen LogP contribution in [0.2, 0.25) is 0 Å². The van der Waals surface area contributed by atoms with Crippen molar-refractivity contribution in [3.8, 4) is 0 Å². The molecule has 3 aliphatic rings. The van der Waals surface area contributed by atoms with Gasteiger partial charge in [0.05, 0.1) is 5.56 Å². The fourth-order valence-corrected chi connectivity index (χ4v) is 6.06. The molecule has 5 nitrogen and oxygen atoms in total. The van der Waals surface area contributed by atoms with Crippen molar-refractivity contribution in [2.24, 2.45) is 0 Å². The molecule has 3 aromatic rings. The Bertz CT molecular complexity index is 1260. The minimum atomic E-state index is -0.290. The third kappa shape index (κ3) is 3.20. The van der Waals surface area contributed by atoms with Gasteiger partial charge in [0.2, 0.25) is 0 Å². The van der Waals surface area contributed by atoms with Gasteiger partial charge in [0.15, 0.2) is 5.78 Å². The molecule has 1 saturated heterocycles. The fourth-order valence-electron chi connectivity index (χ4n) is 6.06. The minimum absolute atomic E-state index is 0.137. The standard InChI is InChI=1S/C28H34N4O/c1-4-5-17-14-21-22(16-24(17)32-12-10-31(11-13-32)19-7-8-19)28(2,3)27-25(26(21)33)20-9-6-18(29)15-23(20)30-27/h6,9,14-16,19,30H,4-5,7-8,10-13,29H2,1-3H3. The molecule has 1 saturated carbocycles. The molecule has 0 atom stereocenters. The van der Waals surface area contributed by atoms with Gasteiger partial charge in [0.25, 0.3) is 0 Å². The van der Waals surface area contributed by atoms with Gasteiger partial charge in [0.1, 0.15) is 0 Å². The van der Waals surface area contributed by atoms with Gasteiger partial charge in [-0.15, -0.1) is 0 Å². The normalized spacial score (nSPS) is 20.2. The first-order valence-electron chi connectivity index (χ1n) is 12.5. The lowest BCUT2D eigenvalue weighted by Crippen LogP contribution is -2.47. The van der Waals surface area contributed by atoms with Crippen LogP contribution in [0, 0.1) is 0 Å². The second-order valence-corrected chi connectivity index (χ2v) is 10.7. The molecular weight excluding hydrogens is 408 g/mol. The van der Waals surface area contributed by atoms with Crippen LogP contribution < -0.4 is 10.6 Å². The van der Waals surface area contributed by atoms with Gasteiger partial charge in [-0.3, -0.25) is 9.69 Å². The molecule has 0 unspecified atom stereocenters. The predicted molar refractivity (Wildman–Crippen MR) is 136 cm³/mol. The van der Waals surface area contributed by atoms with Crippen molar-refractivity contribution in [1.29, 1.82) is 0 Å². The lowest BCUT2D eigenvalue weighted by Gasteiger charge is -2.39. The highest BCUT2D eigenvalue weighted by Gasteiger charge is 2.41. The fraction of sp³-hybridized carbons (Fsp3) is 0.464. The number of anilines is 2. The summed E-state index contributed by atoms with van der Waals surface area (Å²) in [6.07, 6.45) is 4.81. The number of aryl methyl sites for hydroxylation is 1. The number of fused-ring (bicyclic) bond motifs is 4. The van der Waals surface area contributed by atoms with Crippen LogP contribution in [0.5, 0.6) is 0 Å². The highest BCUT2D eigenvalue weighted by molar-refractivity contribution is 6.20. The Morgan fingerprint density at radius 1 is 1.09 bits per heavy atom. The molecule has 33 heavy (non-hydrogen) atoms. The number of H-pyrrole nitrogens is 1. The van der Waals surface area contributed by atoms with Gasteiger partial charge in [0, 0.05) is 71.2 Å². The summed E-state index contributed by atoms with van der Waals surface area (Å²) < 4.78 is 0. The SMILES string of the molecule is CCCc1cc2c(cc1N1CCN(C3CC3)CC1)C(C)(C)c1[nH]c3cc(N)ccc3c1C2=O. The number of piperazine rings is 1. The number of nitrogens with two attached hydrogens (primary N) is 1. The Labute approximate surface area is 195 Å². The number of hydrogen-bond acceptors (Lipinski definition) is 4. The Hall–Kier alpha value is -2.79. The number of rotatable bonds is 4. The van der Waals surface area contributed by atoms with Gasteiger partial charge in [-0.05, 0) is 54.7 Å². The molecule has 0 bridgehead atoms. The average molecular weight is 443 g/mol. The zero-order chi connectivity index (χ0) is 22.9. The minimum Gasteiger partial charge on any atom is -0.399 e. The first kappa shape index (κ1) is 20.8. The average Bonchev–Trinajstić information content (AvgIpc) is 3.58. The third-order valence-corrected chi connectivity index (χ3v) is 8.05. The number of nitrogens with zero attached hydrogens (tertiary/aromatic N) is 2. The third-order valence-electron chi connectivity index (χ3n) is 8.05. The van der Waals surface area contributed by atoms with Crippen molar-refractivity contribution < 1.29 is 4.79 Å². The van der Waals surface area contributed by atoms with Crippen LogP contribution in [0.4, 0.5) is 11.4 Å². The quantitative estimate of drug-likeness (QED) is 0.567. The number of nitrogens with one attached hydrogen (secondary N) is 1. The van der Waals surface area contributed by atoms with E-state index < -0.39 is 0 Å². The topological polar surface area (TPSA) is 65.4 Å². The summed E-state index contributed by atoms with van der Waals surface area (Å²) in [7, 11) is 0. The molecule has 172 valence electrons. The van der Waals surface area contributed by atoms with E-state index >= 15 is 0 Å². The highest BCUT2D eigenvalue weighted by Crippen LogP contribution is 2.46. The molecule has 2 aliphatic carbocycles. The summed E-state index contributed by atoms with van der Waals surface area (Å²) in [6, 6.07) is 11.2. The summed E-state index contributed by atoms with van der Waals surface area (Å²) in [5.41, 5.74) is 13.9. The summed E-state index contributed by atoms with van der Waals surface area (Å²) in [5, 5.41) is 0.972. The maximum Gasteiger partial charge on any atom is 0.195 e. The van der Waals surface area contributed by atoms with Crippen LogP contribution in [0.3, 0.4) is 0 Å². The number of aromatic nitrogens is 1. The maximum absolute atomic E-state index is 13.9. The molecule has 0 spiro atoms. The summed E-state index contributed by atoms with van der Waals surface area (Å²) in [6.45, 7) is 11.1. The van der Waals surface area contributed by atoms with Gasteiger partial charge in [-0.25, -0.2) is 0 Å². The summed E-state index contributed by atoms with van der Waals surface area (Å²) in [5.74, 6) is 0.137. The van der Waals surface area contributed by atoms with Gasteiger partial charge >= 0.3 is 0 Å². The van der Waals surface area contributed by atoms with Crippen molar-refractivity contribution in [3.05, 3.63) is 58.3 Å². The van der Waals surface area contributed by atoms with Crippen LogP contribution in [0.1, 0.15) is 72.8 Å². The van der Waals surface area contributed by atoms with E-state index in [4.69, 9.17) is 5.73 Å². The number of ketones is 1. The molecule has 2 heterocycles. The second kappa shape index (κ2) is 7.36. The summed E-state index contributed by atoms with van der Waals surface area (Å²) >= 11 is 0. The number of benzene rings is 2. The van der Waals surface area contributed by atoms with E-state index in [1.165, 1.54) is 24.1 Å². The van der Waals surface area contributed by atoms with Crippen molar-refractivity contribution in [2.45, 2.75) is 57.9 Å². The molecular formula is C28H34N4O. The second-order valence-electron chi connectivity index (χ2n) is 10.7. The van der Waals surface area contributed by atoms with E-state index in [0.29, 0.717) is 5.69 Å². The van der Waals surface area contributed by atoms with Gasteiger partial charge in [-0.2, -0.15) is 0 Å². The first-order valence-corrected chi connectivity index (χ1v) is 12.5. The maximum atomic E-state index is 13.9. The largest absolute Gasteiger partial charge is 0.399 e. The van der Waals surface area contributed by atoms with Crippen molar-refractivity contribution >= 4 is 28.1 Å². The summed E-state index contributed by atoms with van der Waals surface area (Å²) in [4.78, 5) is 22.6. The van der Waals surface area contributed by atoms with Crippen molar-refractivity contribution in [1.82, 2.24) is 9.88 Å². The Kier molecular flexibility index (Phi) is 4.64. The van der Waals surface area contributed by atoms with Crippen LogP contribution in [0.25, 0.3) is 10.9 Å². The first-order chi connectivity index (χ1) is 15.9. The lowest BCUT2D eigenvalue weighted by atomic mass is 9.70. The Morgan fingerprint density at radius 2 is 1.85 bits per heavy atom. The van der Waals surface area contributed by atoms with E-state index in [0.717, 1.165) is 78.3 Å². The monoisotopic (exact) mass is 442 g/mol. The number of carbonyl (C=O) groups excluding carboxylic acids is 1. The van der Waals surface area contributed by atoms with Crippen LogP contribution in [0.15, 0.2) is 30.3 Å². The van der Waals surface area contributed by atoms with Crippen LogP contribution >= 0.6 is 0 Å². The van der Waals surface area contributed by atoms with Crippen LogP contribution in [-0.2, 0) is 11.8 Å². The van der Waals surface area contributed by atoms with E-state index in [1.807, 2.05) is 18.2 Å². The number of hydrogen-bond donors (Lipinski definition) is 2. The van der Waals surface area contributed by atoms with E-state index in [-0.39, 0.29) is 11.2 Å². The Balaban J connectivity index is 1.46. The van der Waals surface area contributed by atoms with Crippen molar-refractivity contribution in [3.63, 3.8) is 0 Å². The molecule has 2 fully saturated rings. The smallest absolute Gasteiger partial charge is 0.195 e. The number of aromatic amines is 1.